The molecule has 0 spiro atoms. The number of rotatable bonds is 9. The molecule has 2 N–H and O–H groups in total. The van der Waals surface area contributed by atoms with E-state index in [0.717, 1.165) is 22.9 Å². The van der Waals surface area contributed by atoms with Gasteiger partial charge in [-0.25, -0.2) is 0 Å². The summed E-state index contributed by atoms with van der Waals surface area (Å²) in [6.07, 6.45) is 3.66. The molecule has 1 saturated carbocycles. The second-order valence-corrected chi connectivity index (χ2v) is 9.97. The first-order chi connectivity index (χ1) is 16.4. The zero-order valence-corrected chi connectivity index (χ0v) is 20.0. The molecule has 6 nitrogen and oxygen atoms in total. The first-order valence-electron chi connectivity index (χ1n) is 11.7. The lowest BCUT2D eigenvalue weighted by Gasteiger charge is -2.26. The predicted molar refractivity (Wildman–Crippen MR) is 133 cm³/mol. The number of ether oxygens (including phenoxy) is 1. The van der Waals surface area contributed by atoms with Crippen molar-refractivity contribution in [1.82, 2.24) is 5.32 Å². The Morgan fingerprint density at radius 3 is 2.47 bits per heavy atom. The molecule has 2 aromatic carbocycles. The van der Waals surface area contributed by atoms with Crippen LogP contribution in [0.15, 0.2) is 48.5 Å². The smallest absolute Gasteiger partial charge is 0.306 e. The number of hydrogen-bond acceptors (Lipinski definition) is 5. The van der Waals surface area contributed by atoms with Crippen molar-refractivity contribution in [2.45, 2.75) is 51.6 Å². The van der Waals surface area contributed by atoms with Crippen molar-refractivity contribution < 1.29 is 24.2 Å². The van der Waals surface area contributed by atoms with Gasteiger partial charge >= 0.3 is 5.97 Å². The van der Waals surface area contributed by atoms with Gasteiger partial charge in [-0.05, 0) is 80.8 Å². The number of carboxylic acids is 1. The molecular formula is C27H29NO5S. The minimum atomic E-state index is -0.726. The molecule has 0 radical (unpaired) electrons. The van der Waals surface area contributed by atoms with Crippen molar-refractivity contribution in [3.8, 4) is 5.75 Å². The predicted octanol–water partition coefficient (Wildman–Crippen LogP) is 5.62. The van der Waals surface area contributed by atoms with Gasteiger partial charge in [0.2, 0.25) is 0 Å². The number of Topliss-reactive ketones (excluding diaryl/α,β-unsaturated/α-hetero) is 1. The maximum atomic E-state index is 12.5. The maximum absolute atomic E-state index is 12.5. The maximum Gasteiger partial charge on any atom is 0.306 e. The summed E-state index contributed by atoms with van der Waals surface area (Å²) < 4.78 is 7.05. The number of ketones is 1. The highest BCUT2D eigenvalue weighted by atomic mass is 32.1. The molecule has 1 aliphatic carbocycles. The number of amides is 1. The van der Waals surface area contributed by atoms with E-state index in [4.69, 9.17) is 9.84 Å². The number of carboxylic acid groups (broad SMARTS) is 1. The number of carbonyl (C=O) groups excluding carboxylic acids is 2. The SMILES string of the molecule is Cc1ccc2sc(C(=O)NCCCC(=O)c3ccc(OC4CCC(C(=O)O)CC4)cc3)cc2c1. The van der Waals surface area contributed by atoms with Crippen molar-refractivity contribution in [2.24, 2.45) is 5.92 Å². The molecular weight excluding hydrogens is 450 g/mol. The monoisotopic (exact) mass is 479 g/mol. The van der Waals surface area contributed by atoms with Crippen LogP contribution in [0.1, 0.15) is 64.1 Å². The molecule has 0 saturated heterocycles. The van der Waals surface area contributed by atoms with Crippen LogP contribution in [0.5, 0.6) is 5.75 Å². The van der Waals surface area contributed by atoms with Gasteiger partial charge < -0.3 is 15.2 Å². The van der Waals surface area contributed by atoms with E-state index >= 15 is 0 Å². The van der Waals surface area contributed by atoms with E-state index in [1.165, 1.54) is 16.9 Å². The third kappa shape index (κ3) is 6.03. The van der Waals surface area contributed by atoms with Crippen molar-refractivity contribution in [1.29, 1.82) is 0 Å². The number of hydrogen-bond donors (Lipinski definition) is 2. The molecule has 7 heteroatoms. The highest BCUT2D eigenvalue weighted by Crippen LogP contribution is 2.28. The van der Waals surface area contributed by atoms with Crippen molar-refractivity contribution in [2.75, 3.05) is 6.54 Å². The van der Waals surface area contributed by atoms with Gasteiger partial charge in [0.15, 0.2) is 5.78 Å². The minimum Gasteiger partial charge on any atom is -0.490 e. The molecule has 4 rings (SSSR count). The normalized spacial score (nSPS) is 17.9. The number of carbonyl (C=O) groups is 3. The van der Waals surface area contributed by atoms with Gasteiger partial charge in [0.25, 0.3) is 5.91 Å². The summed E-state index contributed by atoms with van der Waals surface area (Å²) in [7, 11) is 0. The summed E-state index contributed by atoms with van der Waals surface area (Å²) in [6.45, 7) is 2.47. The van der Waals surface area contributed by atoms with E-state index in [1.807, 2.05) is 25.1 Å². The fraction of sp³-hybridized carbons (Fsp3) is 0.370. The molecule has 0 aliphatic heterocycles. The van der Waals surface area contributed by atoms with E-state index < -0.39 is 5.97 Å². The number of thiophene rings is 1. The number of benzene rings is 2. The van der Waals surface area contributed by atoms with Gasteiger partial charge in [0, 0.05) is 23.2 Å². The quantitative estimate of drug-likeness (QED) is 0.307. The summed E-state index contributed by atoms with van der Waals surface area (Å²) in [4.78, 5) is 36.7. The van der Waals surface area contributed by atoms with E-state index in [1.54, 1.807) is 24.3 Å². The Kier molecular flexibility index (Phi) is 7.63. The van der Waals surface area contributed by atoms with E-state index in [0.29, 0.717) is 48.4 Å². The Balaban J connectivity index is 1.19. The molecule has 34 heavy (non-hydrogen) atoms. The highest BCUT2D eigenvalue weighted by molar-refractivity contribution is 7.20. The van der Waals surface area contributed by atoms with Crippen LogP contribution in [0.25, 0.3) is 10.1 Å². The molecule has 1 heterocycles. The largest absolute Gasteiger partial charge is 0.490 e. The highest BCUT2D eigenvalue weighted by Gasteiger charge is 2.26. The first-order valence-corrected chi connectivity index (χ1v) is 12.5. The first kappa shape index (κ1) is 24.0. The lowest BCUT2D eigenvalue weighted by molar-refractivity contribution is -0.143. The molecule has 178 valence electrons. The number of nitrogens with one attached hydrogen (secondary N) is 1. The van der Waals surface area contributed by atoms with Crippen molar-refractivity contribution >= 4 is 39.1 Å². The lowest BCUT2D eigenvalue weighted by Crippen LogP contribution is -2.27. The van der Waals surface area contributed by atoms with E-state index in [9.17, 15) is 14.4 Å². The van der Waals surface area contributed by atoms with Gasteiger partial charge in [-0.3, -0.25) is 14.4 Å². The second kappa shape index (κ2) is 10.8. The van der Waals surface area contributed by atoms with Gasteiger partial charge in [0.05, 0.1) is 16.9 Å². The average Bonchev–Trinajstić information content (AvgIpc) is 3.26. The summed E-state index contributed by atoms with van der Waals surface area (Å²) in [5.74, 6) is -0.374. The molecule has 1 fully saturated rings. The number of fused-ring (bicyclic) bond motifs is 1. The van der Waals surface area contributed by atoms with Gasteiger partial charge in [-0.1, -0.05) is 17.7 Å². The molecule has 3 aromatic rings. The zero-order valence-electron chi connectivity index (χ0n) is 19.2. The molecule has 0 unspecified atom stereocenters. The topological polar surface area (TPSA) is 92.7 Å². The van der Waals surface area contributed by atoms with Crippen LogP contribution in [-0.2, 0) is 4.79 Å². The average molecular weight is 480 g/mol. The minimum absolute atomic E-state index is 0.0192. The third-order valence-electron chi connectivity index (χ3n) is 6.26. The van der Waals surface area contributed by atoms with Crippen LogP contribution in [-0.4, -0.2) is 35.4 Å². The zero-order chi connectivity index (χ0) is 24.1. The lowest BCUT2D eigenvalue weighted by atomic mass is 9.87. The van der Waals surface area contributed by atoms with E-state index in [2.05, 4.69) is 11.4 Å². The van der Waals surface area contributed by atoms with Crippen LogP contribution in [0, 0.1) is 12.8 Å². The Bertz CT molecular complexity index is 1180. The molecule has 0 bridgehead atoms. The number of aryl methyl sites for hydroxylation is 1. The Morgan fingerprint density at radius 2 is 1.76 bits per heavy atom. The van der Waals surface area contributed by atoms with Crippen molar-refractivity contribution in [3.05, 3.63) is 64.5 Å². The fourth-order valence-electron chi connectivity index (χ4n) is 4.30. The molecule has 1 aromatic heterocycles. The molecule has 1 aliphatic rings. The van der Waals surface area contributed by atoms with Crippen LogP contribution in [0.4, 0.5) is 0 Å². The summed E-state index contributed by atoms with van der Waals surface area (Å²) in [6, 6.07) is 15.2. The summed E-state index contributed by atoms with van der Waals surface area (Å²) >= 11 is 1.47. The van der Waals surface area contributed by atoms with Crippen LogP contribution < -0.4 is 10.1 Å². The summed E-state index contributed by atoms with van der Waals surface area (Å²) in [5, 5.41) is 13.1. The summed E-state index contributed by atoms with van der Waals surface area (Å²) in [5.41, 5.74) is 1.78. The van der Waals surface area contributed by atoms with E-state index in [-0.39, 0.29) is 23.7 Å². The van der Waals surface area contributed by atoms with Crippen LogP contribution >= 0.6 is 11.3 Å². The Morgan fingerprint density at radius 1 is 1.03 bits per heavy atom. The molecule has 1 amide bonds. The van der Waals surface area contributed by atoms with Crippen molar-refractivity contribution in [3.63, 3.8) is 0 Å². The number of aliphatic carboxylic acids is 1. The third-order valence-corrected chi connectivity index (χ3v) is 7.38. The molecule has 0 atom stereocenters. The Labute approximate surface area is 202 Å². The van der Waals surface area contributed by atoms with Crippen LogP contribution in [0.2, 0.25) is 0 Å². The van der Waals surface area contributed by atoms with Gasteiger partial charge in [0.1, 0.15) is 5.75 Å². The van der Waals surface area contributed by atoms with Gasteiger partial charge in [-0.15, -0.1) is 11.3 Å². The standard InChI is InChI=1S/C27H29NO5S/c1-17-4-13-24-20(15-17)16-25(34-24)26(30)28-14-2-3-23(29)18-5-9-21(10-6-18)33-22-11-7-19(8-12-22)27(31)32/h4-6,9-10,13,15-16,19,22H,2-3,7-8,11-12,14H2,1H3,(H,28,30)(H,31,32). The fourth-order valence-corrected chi connectivity index (χ4v) is 5.26. The van der Waals surface area contributed by atoms with Crippen LogP contribution in [0.3, 0.4) is 0 Å². The Hall–Kier alpha value is -3.19. The van der Waals surface area contributed by atoms with Gasteiger partial charge in [-0.2, -0.15) is 0 Å². The second-order valence-electron chi connectivity index (χ2n) is 8.89.